The molecule has 0 saturated heterocycles. The third-order valence-electron chi connectivity index (χ3n) is 3.39. The largest absolute Gasteiger partial charge is 0.454 e. The number of nitrogens with zero attached hydrogens (tertiary/aromatic N) is 1. The monoisotopic (exact) mass is 245 g/mol. The highest BCUT2D eigenvalue weighted by atomic mass is 16.3. The van der Waals surface area contributed by atoms with E-state index in [0.29, 0.717) is 0 Å². The number of furan rings is 1. The van der Waals surface area contributed by atoms with Gasteiger partial charge in [-0.15, -0.1) is 0 Å². The molecule has 0 aliphatic rings. The lowest BCUT2D eigenvalue weighted by Crippen LogP contribution is -1.77. The van der Waals surface area contributed by atoms with Crippen LogP contribution >= 0.6 is 0 Å². The third-order valence-corrected chi connectivity index (χ3v) is 3.39. The zero-order valence-electron chi connectivity index (χ0n) is 10.2. The van der Waals surface area contributed by atoms with Crippen molar-refractivity contribution in [1.29, 1.82) is 0 Å². The summed E-state index contributed by atoms with van der Waals surface area (Å²) in [5.74, 6) is 0. The minimum Gasteiger partial charge on any atom is -0.454 e. The highest BCUT2D eigenvalue weighted by Crippen LogP contribution is 2.34. The molecule has 4 aromatic rings. The van der Waals surface area contributed by atoms with Gasteiger partial charge < -0.3 is 4.42 Å². The zero-order chi connectivity index (χ0) is 12.7. The summed E-state index contributed by atoms with van der Waals surface area (Å²) in [4.78, 5) is 4.12. The molecule has 0 radical (unpaired) electrons. The van der Waals surface area contributed by atoms with Crippen molar-refractivity contribution in [3.8, 4) is 11.1 Å². The van der Waals surface area contributed by atoms with E-state index in [-0.39, 0.29) is 0 Å². The average molecular weight is 245 g/mol. The van der Waals surface area contributed by atoms with Gasteiger partial charge in [-0.3, -0.25) is 4.98 Å². The second kappa shape index (κ2) is 3.95. The molecule has 2 heteroatoms. The van der Waals surface area contributed by atoms with Gasteiger partial charge in [0, 0.05) is 22.5 Å². The Bertz CT molecular complexity index is 862. The van der Waals surface area contributed by atoms with Gasteiger partial charge in [0.05, 0.1) is 6.20 Å². The summed E-state index contributed by atoms with van der Waals surface area (Å²) >= 11 is 0. The first-order valence-corrected chi connectivity index (χ1v) is 6.24. The fourth-order valence-electron chi connectivity index (χ4n) is 2.50. The van der Waals surface area contributed by atoms with Crippen molar-refractivity contribution >= 4 is 21.9 Å². The molecule has 0 aliphatic carbocycles. The van der Waals surface area contributed by atoms with Gasteiger partial charge in [0.15, 0.2) is 5.58 Å². The molecule has 0 N–H and O–H groups in total. The molecule has 90 valence electrons. The van der Waals surface area contributed by atoms with Crippen molar-refractivity contribution < 1.29 is 4.42 Å². The molecular weight excluding hydrogens is 234 g/mol. The van der Waals surface area contributed by atoms with E-state index in [4.69, 9.17) is 4.42 Å². The molecule has 0 amide bonds. The number of hydrogen-bond acceptors (Lipinski definition) is 2. The van der Waals surface area contributed by atoms with Gasteiger partial charge in [-0.2, -0.15) is 0 Å². The number of fused-ring (bicyclic) bond motifs is 3. The molecule has 0 atom stereocenters. The number of hydrogen-bond donors (Lipinski definition) is 0. The fraction of sp³-hybridized carbons (Fsp3) is 0. The SMILES string of the molecule is c1ccc(-c2cccc3c2oc2cnccc23)cc1. The molecule has 0 fully saturated rings. The number of benzene rings is 2. The molecule has 2 aromatic heterocycles. The van der Waals surface area contributed by atoms with Crippen LogP contribution in [-0.4, -0.2) is 4.98 Å². The molecule has 0 aliphatic heterocycles. The maximum absolute atomic E-state index is 5.98. The van der Waals surface area contributed by atoms with Crippen molar-refractivity contribution in [3.05, 3.63) is 67.0 Å². The highest BCUT2D eigenvalue weighted by Gasteiger charge is 2.11. The second-order valence-corrected chi connectivity index (χ2v) is 4.52. The van der Waals surface area contributed by atoms with Crippen LogP contribution in [0.25, 0.3) is 33.1 Å². The first-order valence-electron chi connectivity index (χ1n) is 6.24. The predicted octanol–water partition coefficient (Wildman–Crippen LogP) is 4.65. The zero-order valence-corrected chi connectivity index (χ0v) is 10.2. The number of pyridine rings is 1. The Morgan fingerprint density at radius 2 is 1.68 bits per heavy atom. The number of para-hydroxylation sites is 1. The van der Waals surface area contributed by atoms with Crippen LogP contribution in [0.4, 0.5) is 0 Å². The Hall–Kier alpha value is -2.61. The van der Waals surface area contributed by atoms with Crippen LogP contribution in [-0.2, 0) is 0 Å². The minimum absolute atomic E-state index is 0.834. The Kier molecular flexibility index (Phi) is 2.15. The molecule has 0 bridgehead atoms. The van der Waals surface area contributed by atoms with Gasteiger partial charge in [-0.1, -0.05) is 48.5 Å². The van der Waals surface area contributed by atoms with Gasteiger partial charge >= 0.3 is 0 Å². The molecule has 4 rings (SSSR count). The van der Waals surface area contributed by atoms with Crippen LogP contribution < -0.4 is 0 Å². The molecular formula is C17H11NO. The lowest BCUT2D eigenvalue weighted by Gasteiger charge is -2.01. The van der Waals surface area contributed by atoms with Crippen LogP contribution in [0.15, 0.2) is 71.4 Å². The van der Waals surface area contributed by atoms with Crippen LogP contribution in [0.2, 0.25) is 0 Å². The van der Waals surface area contributed by atoms with Crippen LogP contribution in [0.1, 0.15) is 0 Å². The van der Waals surface area contributed by atoms with Crippen molar-refractivity contribution in [2.45, 2.75) is 0 Å². The van der Waals surface area contributed by atoms with Gasteiger partial charge in [-0.25, -0.2) is 0 Å². The molecule has 2 nitrogen and oxygen atoms in total. The summed E-state index contributed by atoms with van der Waals surface area (Å²) in [6.45, 7) is 0. The topological polar surface area (TPSA) is 26.0 Å². The lowest BCUT2D eigenvalue weighted by molar-refractivity contribution is 0.668. The quantitative estimate of drug-likeness (QED) is 0.488. The van der Waals surface area contributed by atoms with Crippen LogP contribution in [0.3, 0.4) is 0 Å². The fourth-order valence-corrected chi connectivity index (χ4v) is 2.50. The smallest absolute Gasteiger partial charge is 0.153 e. The molecule has 19 heavy (non-hydrogen) atoms. The van der Waals surface area contributed by atoms with Crippen molar-refractivity contribution in [3.63, 3.8) is 0 Å². The van der Waals surface area contributed by atoms with E-state index in [1.807, 2.05) is 24.3 Å². The number of aromatic nitrogens is 1. The normalized spacial score (nSPS) is 11.2. The number of rotatable bonds is 1. The lowest BCUT2D eigenvalue weighted by atomic mass is 10.0. The van der Waals surface area contributed by atoms with E-state index in [1.54, 1.807) is 12.4 Å². The summed E-state index contributed by atoms with van der Waals surface area (Å²) in [5.41, 5.74) is 4.05. The van der Waals surface area contributed by atoms with Gasteiger partial charge in [0.2, 0.25) is 0 Å². The van der Waals surface area contributed by atoms with E-state index in [1.165, 1.54) is 5.56 Å². The van der Waals surface area contributed by atoms with Gasteiger partial charge in [-0.05, 0) is 11.6 Å². The summed E-state index contributed by atoms with van der Waals surface area (Å²) in [7, 11) is 0. The van der Waals surface area contributed by atoms with E-state index >= 15 is 0 Å². The van der Waals surface area contributed by atoms with Gasteiger partial charge in [0.25, 0.3) is 0 Å². The molecule has 0 spiro atoms. The Morgan fingerprint density at radius 1 is 0.789 bits per heavy atom. The summed E-state index contributed by atoms with van der Waals surface area (Å²) < 4.78 is 5.98. The maximum atomic E-state index is 5.98. The van der Waals surface area contributed by atoms with E-state index < -0.39 is 0 Å². The molecule has 0 saturated carbocycles. The summed E-state index contributed by atoms with van der Waals surface area (Å²) in [6.07, 6.45) is 3.57. The minimum atomic E-state index is 0.834. The molecule has 2 aromatic carbocycles. The van der Waals surface area contributed by atoms with Crippen molar-refractivity contribution in [1.82, 2.24) is 4.98 Å². The van der Waals surface area contributed by atoms with E-state index in [2.05, 4.69) is 35.3 Å². The average Bonchev–Trinajstić information content (AvgIpc) is 2.87. The first-order chi connectivity index (χ1) is 9.43. The molecule has 2 heterocycles. The Labute approximate surface area is 110 Å². The van der Waals surface area contributed by atoms with Crippen molar-refractivity contribution in [2.75, 3.05) is 0 Å². The summed E-state index contributed by atoms with van der Waals surface area (Å²) in [5, 5.41) is 2.25. The van der Waals surface area contributed by atoms with Crippen LogP contribution in [0.5, 0.6) is 0 Å². The van der Waals surface area contributed by atoms with E-state index in [0.717, 1.165) is 27.5 Å². The third kappa shape index (κ3) is 1.54. The first kappa shape index (κ1) is 10.3. The Balaban J connectivity index is 2.13. The highest BCUT2D eigenvalue weighted by molar-refractivity contribution is 6.09. The van der Waals surface area contributed by atoms with Crippen LogP contribution in [0, 0.1) is 0 Å². The molecule has 0 unspecified atom stereocenters. The predicted molar refractivity (Wildman–Crippen MR) is 77.0 cm³/mol. The second-order valence-electron chi connectivity index (χ2n) is 4.52. The summed E-state index contributed by atoms with van der Waals surface area (Å²) in [6, 6.07) is 18.5. The van der Waals surface area contributed by atoms with Gasteiger partial charge in [0.1, 0.15) is 5.58 Å². The van der Waals surface area contributed by atoms with Crippen molar-refractivity contribution in [2.24, 2.45) is 0 Å². The Morgan fingerprint density at radius 3 is 2.58 bits per heavy atom. The van der Waals surface area contributed by atoms with E-state index in [9.17, 15) is 0 Å². The maximum Gasteiger partial charge on any atom is 0.153 e. The standard InChI is InChI=1S/C17H11NO/c1-2-5-12(6-3-1)13-7-4-8-15-14-9-10-18-11-16(14)19-17(13)15/h1-11H.